The Kier molecular flexibility index (Phi) is 0.823. The van der Waals surface area contributed by atoms with Crippen LogP contribution in [0.4, 0.5) is 0 Å². The fourth-order valence-corrected chi connectivity index (χ4v) is 0.597. The van der Waals surface area contributed by atoms with Crippen LogP contribution in [0.3, 0.4) is 0 Å². The van der Waals surface area contributed by atoms with Gasteiger partial charge in [0.1, 0.15) is 0 Å². The van der Waals surface area contributed by atoms with Gasteiger partial charge in [0, 0.05) is 0 Å². The van der Waals surface area contributed by atoms with Crippen LogP contribution in [-0.2, 0) is 4.53 Å². The first-order valence-electron chi connectivity index (χ1n) is 1.45. The van der Waals surface area contributed by atoms with Gasteiger partial charge in [0.15, 0.2) is 0 Å². The summed E-state index contributed by atoms with van der Waals surface area (Å²) in [6.07, 6.45) is 0. The molecule has 0 atom stereocenters. The standard InChI is InChI=1S/H4N4OSi/c1-4-2-3-6-5-4/h1,6H2. The van der Waals surface area contributed by atoms with E-state index in [-0.39, 0.29) is 0 Å². The quantitative estimate of drug-likeness (QED) is 0.299. The maximum Gasteiger partial charge on any atom is 0.351 e. The third kappa shape index (κ3) is 0.533. The Hall–Kier alpha value is -0.463. The number of hydrogen-bond acceptors (Lipinski definition) is 5. The smallest absolute Gasteiger partial charge is 0.267 e. The van der Waals surface area contributed by atoms with E-state index >= 15 is 0 Å². The first-order valence-corrected chi connectivity index (χ1v) is 2.66. The highest BCUT2D eigenvalue weighted by atomic mass is 28.2. The summed E-state index contributed by atoms with van der Waals surface area (Å²) in [6, 6.07) is 0. The molecule has 0 aromatic rings. The summed E-state index contributed by atoms with van der Waals surface area (Å²) in [4.78, 5) is 0. The van der Waals surface area contributed by atoms with E-state index in [4.69, 9.17) is 5.84 Å². The van der Waals surface area contributed by atoms with E-state index in [1.54, 1.807) is 0 Å². The molecule has 0 aliphatic carbocycles. The second-order valence-electron chi connectivity index (χ2n) is 0.792. The van der Waals surface area contributed by atoms with Crippen molar-refractivity contribution in [2.75, 3.05) is 0 Å². The minimum atomic E-state index is -0.745. The minimum absolute atomic E-state index is 0.745. The summed E-state index contributed by atoms with van der Waals surface area (Å²) in [5.41, 5.74) is 0. The predicted octanol–water partition coefficient (Wildman–Crippen LogP) is -1.53. The van der Waals surface area contributed by atoms with Crippen molar-refractivity contribution in [3.05, 3.63) is 0 Å². The van der Waals surface area contributed by atoms with Crippen molar-refractivity contribution < 1.29 is 4.53 Å². The molecule has 5 nitrogen and oxygen atoms in total. The summed E-state index contributed by atoms with van der Waals surface area (Å²) < 4.78 is 8.08. The van der Waals surface area contributed by atoms with Crippen LogP contribution >= 0.6 is 0 Å². The van der Waals surface area contributed by atoms with E-state index in [1.807, 2.05) is 0 Å². The number of rotatable bonds is 0. The van der Waals surface area contributed by atoms with E-state index in [1.165, 1.54) is 0 Å². The van der Waals surface area contributed by atoms with Gasteiger partial charge in [0.05, 0.1) is 0 Å². The molecule has 0 fully saturated rings. The molecule has 6 heavy (non-hydrogen) atoms. The third-order valence-corrected chi connectivity index (χ3v) is 1.02. The summed E-state index contributed by atoms with van der Waals surface area (Å²) >= 11 is 0. The van der Waals surface area contributed by atoms with Crippen LogP contribution in [0.2, 0.25) is 0 Å². The highest BCUT2D eigenvalue weighted by Crippen LogP contribution is 1.88. The minimum Gasteiger partial charge on any atom is -0.267 e. The summed E-state index contributed by atoms with van der Waals surface area (Å²) in [5, 5.41) is 4.19. The van der Waals surface area contributed by atoms with Crippen molar-refractivity contribution >= 4 is 9.92 Å². The molecule has 0 saturated heterocycles. The van der Waals surface area contributed by atoms with Crippen molar-refractivity contribution in [2.45, 2.75) is 0 Å². The summed E-state index contributed by atoms with van der Waals surface area (Å²) in [6.45, 7) is 0. The van der Waals surface area contributed by atoms with Crippen LogP contribution in [0.15, 0.2) is 10.0 Å². The van der Waals surface area contributed by atoms with Crippen LogP contribution < -0.4 is 5.84 Å². The maximum absolute atomic E-state index is 4.92. The number of hydrazine groups is 1. The molecule has 0 aromatic heterocycles. The molecule has 1 heterocycles. The van der Waals surface area contributed by atoms with Crippen LogP contribution in [0.25, 0.3) is 0 Å². The molecule has 1 aliphatic rings. The molecule has 0 unspecified atom stereocenters. The Morgan fingerprint density at radius 2 is 2.67 bits per heavy atom. The fraction of sp³-hybridized carbons (Fsp3) is 0. The second kappa shape index (κ2) is 1.33. The van der Waals surface area contributed by atoms with Gasteiger partial charge < -0.3 is 0 Å². The van der Waals surface area contributed by atoms with Crippen molar-refractivity contribution in [3.63, 3.8) is 0 Å². The Bertz CT molecular complexity index is 69.9. The van der Waals surface area contributed by atoms with Crippen LogP contribution in [-0.4, -0.2) is 15.2 Å². The summed E-state index contributed by atoms with van der Waals surface area (Å²) in [5.74, 6) is 4.92. The lowest BCUT2D eigenvalue weighted by atomic mass is 12.4. The van der Waals surface area contributed by atoms with Gasteiger partial charge >= 0.3 is 9.92 Å². The Balaban J connectivity index is 2.38. The molecule has 34 valence electrons. The van der Waals surface area contributed by atoms with Gasteiger partial charge in [-0.3, -0.25) is 4.53 Å². The lowest BCUT2D eigenvalue weighted by molar-refractivity contribution is -0.0456. The average molecular weight is 104 g/mol. The SMILES string of the molecule is NN1N=N[SiH2]O1. The van der Waals surface area contributed by atoms with Crippen molar-refractivity contribution in [2.24, 2.45) is 15.8 Å². The van der Waals surface area contributed by atoms with Gasteiger partial charge in [-0.25, -0.2) is 5.84 Å². The third-order valence-electron chi connectivity index (χ3n) is 0.399. The van der Waals surface area contributed by atoms with Gasteiger partial charge in [0.25, 0.3) is 0 Å². The second-order valence-corrected chi connectivity index (χ2v) is 1.59. The zero-order valence-corrected chi connectivity index (χ0v) is 4.45. The number of hydrogen-bond donors (Lipinski definition) is 1. The molecule has 0 radical (unpaired) electrons. The molecule has 0 bridgehead atoms. The molecule has 0 saturated carbocycles. The molecule has 6 heteroatoms. The Morgan fingerprint density at radius 3 is 2.83 bits per heavy atom. The van der Waals surface area contributed by atoms with E-state index in [9.17, 15) is 0 Å². The predicted molar refractivity (Wildman–Crippen MR) is 20.5 cm³/mol. The van der Waals surface area contributed by atoms with E-state index in [0.29, 0.717) is 0 Å². The number of nitrogens with two attached hydrogens (primary N) is 1. The monoisotopic (exact) mass is 104 g/mol. The molecule has 0 spiro atoms. The molecule has 0 aromatic carbocycles. The van der Waals surface area contributed by atoms with E-state index < -0.39 is 9.92 Å². The van der Waals surface area contributed by atoms with E-state index in [2.05, 4.69) is 14.5 Å². The Morgan fingerprint density at radius 1 is 1.83 bits per heavy atom. The highest BCUT2D eigenvalue weighted by molar-refractivity contribution is 6.24. The van der Waals surface area contributed by atoms with Crippen molar-refractivity contribution in [3.8, 4) is 0 Å². The lowest BCUT2D eigenvalue weighted by Crippen LogP contribution is -2.21. The van der Waals surface area contributed by atoms with Crippen LogP contribution in [0.5, 0.6) is 0 Å². The molecule has 2 N–H and O–H groups in total. The van der Waals surface area contributed by atoms with Gasteiger partial charge in [-0.2, -0.15) is 4.78 Å². The van der Waals surface area contributed by atoms with Gasteiger partial charge in [-0.05, 0) is 5.22 Å². The lowest BCUT2D eigenvalue weighted by Gasteiger charge is -1.97. The fourth-order valence-electron chi connectivity index (χ4n) is 0.199. The number of nitrogens with zero attached hydrogens (tertiary/aromatic N) is 3. The highest BCUT2D eigenvalue weighted by Gasteiger charge is 1.98. The normalized spacial score (nSPS) is 23.8. The molecule has 0 amide bonds. The van der Waals surface area contributed by atoms with E-state index in [0.717, 1.165) is 5.28 Å². The topological polar surface area (TPSA) is 63.2 Å². The van der Waals surface area contributed by atoms with Gasteiger partial charge in [-0.1, -0.05) is 5.28 Å². The van der Waals surface area contributed by atoms with Crippen molar-refractivity contribution in [1.29, 1.82) is 0 Å². The van der Waals surface area contributed by atoms with Crippen LogP contribution in [0, 0.1) is 0 Å². The van der Waals surface area contributed by atoms with Crippen LogP contribution in [0.1, 0.15) is 0 Å². The Labute approximate surface area is 36.7 Å². The van der Waals surface area contributed by atoms with Gasteiger partial charge in [-0.15, -0.1) is 0 Å². The van der Waals surface area contributed by atoms with Gasteiger partial charge in [0.2, 0.25) is 0 Å². The molecule has 1 rings (SSSR count). The first-order chi connectivity index (χ1) is 2.89. The van der Waals surface area contributed by atoms with Crippen molar-refractivity contribution in [1.82, 2.24) is 5.28 Å². The average Bonchev–Trinajstić information content (AvgIpc) is 1.86. The molecule has 1 aliphatic heterocycles. The summed E-state index contributed by atoms with van der Waals surface area (Å²) in [7, 11) is -0.745. The zero-order chi connectivity index (χ0) is 4.41. The molecular weight excluding hydrogens is 100 g/mol. The molecular formula is H4N4OSi. The first kappa shape index (κ1) is 3.72. The largest absolute Gasteiger partial charge is 0.351 e. The zero-order valence-electron chi connectivity index (χ0n) is 3.03. The maximum atomic E-state index is 4.92.